The highest BCUT2D eigenvalue weighted by Gasteiger charge is 2.09. The van der Waals surface area contributed by atoms with Gasteiger partial charge in [-0.15, -0.1) is 11.8 Å². The third kappa shape index (κ3) is 2.11. The van der Waals surface area contributed by atoms with Gasteiger partial charge in [0.15, 0.2) is 0 Å². The minimum absolute atomic E-state index is 0.148. The lowest BCUT2D eigenvalue weighted by atomic mass is 10.0. The monoisotopic (exact) mass is 202 g/mol. The Kier molecular flexibility index (Phi) is 3.12. The maximum atomic E-state index is 9.04. The molecule has 1 nitrogen and oxygen atoms in total. The van der Waals surface area contributed by atoms with Crippen molar-refractivity contribution in [2.45, 2.75) is 6.42 Å². The summed E-state index contributed by atoms with van der Waals surface area (Å²) in [4.78, 5) is 2.29. The minimum Gasteiger partial charge on any atom is -0.449 e. The van der Waals surface area contributed by atoms with Gasteiger partial charge in [-0.05, 0) is 16.8 Å². The molecule has 0 saturated carbocycles. The van der Waals surface area contributed by atoms with Crippen LogP contribution in [0.3, 0.4) is 0 Å². The summed E-state index contributed by atoms with van der Waals surface area (Å²) in [5, 5.41) is 9.04. The fraction of sp³-hybridized carbons (Fsp3) is 0.0909. The van der Waals surface area contributed by atoms with Crippen molar-refractivity contribution < 1.29 is 5.02 Å². The maximum Gasteiger partial charge on any atom is 0.311 e. The third-order valence-corrected chi connectivity index (χ3v) is 3.28. The van der Waals surface area contributed by atoms with Gasteiger partial charge in [0.25, 0.3) is 0 Å². The lowest BCUT2D eigenvalue weighted by molar-refractivity contribution is 0.613. The Hall–Kier alpha value is -0.925. The predicted octanol–water partition coefficient (Wildman–Crippen LogP) is 2.35. The SMILES string of the molecule is OBC1=CCC=C(c2ccccc2)S1. The zero-order valence-electron chi connectivity index (χ0n) is 7.81. The Bertz CT molecular complexity index is 370. The van der Waals surface area contributed by atoms with Gasteiger partial charge >= 0.3 is 7.48 Å². The first-order valence-electron chi connectivity index (χ1n) is 4.63. The summed E-state index contributed by atoms with van der Waals surface area (Å²) in [5.74, 6) is 0. The zero-order valence-corrected chi connectivity index (χ0v) is 8.63. The second kappa shape index (κ2) is 4.53. The van der Waals surface area contributed by atoms with Crippen LogP contribution in [0.5, 0.6) is 0 Å². The van der Waals surface area contributed by atoms with Crippen molar-refractivity contribution in [1.29, 1.82) is 0 Å². The Labute approximate surface area is 88.8 Å². The fourth-order valence-electron chi connectivity index (χ4n) is 1.40. The third-order valence-electron chi connectivity index (χ3n) is 2.10. The van der Waals surface area contributed by atoms with Gasteiger partial charge in [0, 0.05) is 4.91 Å². The molecule has 1 heterocycles. The molecular weight excluding hydrogens is 191 g/mol. The molecule has 0 bridgehead atoms. The summed E-state index contributed by atoms with van der Waals surface area (Å²) in [6, 6.07) is 10.3. The lowest BCUT2D eigenvalue weighted by Crippen LogP contribution is -1.94. The molecule has 1 aromatic rings. The Morgan fingerprint density at radius 2 is 1.93 bits per heavy atom. The number of allylic oxidation sites excluding steroid dienone is 2. The van der Waals surface area contributed by atoms with Crippen molar-refractivity contribution in [2.24, 2.45) is 0 Å². The van der Waals surface area contributed by atoms with E-state index < -0.39 is 0 Å². The average Bonchev–Trinajstić information content (AvgIpc) is 2.30. The van der Waals surface area contributed by atoms with Crippen molar-refractivity contribution in [3.05, 3.63) is 52.9 Å². The first-order chi connectivity index (χ1) is 6.90. The van der Waals surface area contributed by atoms with E-state index in [0.29, 0.717) is 0 Å². The van der Waals surface area contributed by atoms with Crippen LogP contribution in [0.25, 0.3) is 4.91 Å². The molecule has 14 heavy (non-hydrogen) atoms. The van der Waals surface area contributed by atoms with Crippen LogP contribution >= 0.6 is 11.8 Å². The molecular formula is C11H11BOS. The Morgan fingerprint density at radius 1 is 1.14 bits per heavy atom. The van der Waals surface area contributed by atoms with E-state index in [2.05, 4.69) is 24.3 Å². The van der Waals surface area contributed by atoms with Crippen LogP contribution in [0.1, 0.15) is 12.0 Å². The van der Waals surface area contributed by atoms with Gasteiger partial charge in [0.05, 0.1) is 0 Å². The second-order valence-corrected chi connectivity index (χ2v) is 4.27. The molecule has 0 aliphatic carbocycles. The predicted molar refractivity (Wildman–Crippen MR) is 64.1 cm³/mol. The van der Waals surface area contributed by atoms with E-state index in [-0.39, 0.29) is 7.48 Å². The number of benzene rings is 1. The van der Waals surface area contributed by atoms with Crippen molar-refractivity contribution in [3.8, 4) is 0 Å². The van der Waals surface area contributed by atoms with E-state index in [4.69, 9.17) is 5.02 Å². The summed E-state index contributed by atoms with van der Waals surface area (Å²) in [6.45, 7) is 0. The Morgan fingerprint density at radius 3 is 2.64 bits per heavy atom. The molecule has 1 aliphatic rings. The second-order valence-electron chi connectivity index (χ2n) is 3.10. The molecule has 2 rings (SSSR count). The number of hydrogen-bond acceptors (Lipinski definition) is 2. The van der Waals surface area contributed by atoms with Crippen LogP contribution in [0.4, 0.5) is 0 Å². The lowest BCUT2D eigenvalue weighted by Gasteiger charge is -2.12. The molecule has 1 N–H and O–H groups in total. The summed E-state index contributed by atoms with van der Waals surface area (Å²) in [6.07, 6.45) is 5.18. The van der Waals surface area contributed by atoms with Crippen LogP contribution in [0.15, 0.2) is 47.3 Å². The molecule has 1 aliphatic heterocycles. The van der Waals surface area contributed by atoms with Gasteiger partial charge in [-0.3, -0.25) is 0 Å². The molecule has 0 fully saturated rings. The highest BCUT2D eigenvalue weighted by Crippen LogP contribution is 2.36. The van der Waals surface area contributed by atoms with Crippen molar-refractivity contribution >= 4 is 24.1 Å². The van der Waals surface area contributed by atoms with Crippen LogP contribution in [0.2, 0.25) is 0 Å². The number of thioether (sulfide) groups is 1. The molecule has 0 spiro atoms. The van der Waals surface area contributed by atoms with E-state index in [9.17, 15) is 0 Å². The number of rotatable bonds is 2. The molecule has 0 amide bonds. The first kappa shape index (κ1) is 9.62. The van der Waals surface area contributed by atoms with Crippen molar-refractivity contribution in [2.75, 3.05) is 0 Å². The van der Waals surface area contributed by atoms with E-state index in [1.807, 2.05) is 18.2 Å². The van der Waals surface area contributed by atoms with Gasteiger partial charge in [-0.25, -0.2) is 0 Å². The van der Waals surface area contributed by atoms with Crippen molar-refractivity contribution in [1.82, 2.24) is 0 Å². The summed E-state index contributed by atoms with van der Waals surface area (Å²) >= 11 is 1.66. The highest BCUT2D eigenvalue weighted by atomic mass is 32.2. The molecule has 0 atom stereocenters. The van der Waals surface area contributed by atoms with Crippen molar-refractivity contribution in [3.63, 3.8) is 0 Å². The van der Waals surface area contributed by atoms with E-state index in [0.717, 1.165) is 11.2 Å². The van der Waals surface area contributed by atoms with E-state index in [1.165, 1.54) is 10.5 Å². The van der Waals surface area contributed by atoms with Crippen LogP contribution in [-0.2, 0) is 0 Å². The van der Waals surface area contributed by atoms with Gasteiger partial charge in [-0.1, -0.05) is 42.5 Å². The molecule has 0 radical (unpaired) electrons. The highest BCUT2D eigenvalue weighted by molar-refractivity contribution is 8.13. The molecule has 3 heteroatoms. The van der Waals surface area contributed by atoms with E-state index >= 15 is 0 Å². The van der Waals surface area contributed by atoms with Gasteiger partial charge in [-0.2, -0.15) is 0 Å². The van der Waals surface area contributed by atoms with Crippen LogP contribution < -0.4 is 0 Å². The minimum atomic E-state index is 0.148. The smallest absolute Gasteiger partial charge is 0.311 e. The first-order valence-corrected chi connectivity index (χ1v) is 5.45. The molecule has 1 aromatic carbocycles. The topological polar surface area (TPSA) is 20.2 Å². The van der Waals surface area contributed by atoms with Crippen LogP contribution in [0, 0.1) is 0 Å². The standard InChI is InChI=1S/C11H11BOS/c13-12-11-8-4-7-10(14-11)9-5-2-1-3-6-9/h1-3,5-8,12-13H,4H2. The maximum absolute atomic E-state index is 9.04. The molecule has 0 aromatic heterocycles. The summed E-state index contributed by atoms with van der Waals surface area (Å²) in [5.41, 5.74) is 1.23. The number of hydrogen-bond donors (Lipinski definition) is 1. The molecule has 0 unspecified atom stereocenters. The Balaban J connectivity index is 2.18. The normalized spacial score (nSPS) is 15.8. The fourth-order valence-corrected chi connectivity index (χ4v) is 2.36. The molecule has 70 valence electrons. The van der Waals surface area contributed by atoms with Gasteiger partial charge in [0.2, 0.25) is 0 Å². The average molecular weight is 202 g/mol. The van der Waals surface area contributed by atoms with Gasteiger partial charge < -0.3 is 5.02 Å². The van der Waals surface area contributed by atoms with Crippen LogP contribution in [-0.4, -0.2) is 12.5 Å². The largest absolute Gasteiger partial charge is 0.449 e. The van der Waals surface area contributed by atoms with Gasteiger partial charge in [0.1, 0.15) is 0 Å². The summed E-state index contributed by atoms with van der Waals surface area (Å²) < 4.78 is 0. The summed E-state index contributed by atoms with van der Waals surface area (Å²) in [7, 11) is 0.148. The molecule has 0 saturated heterocycles. The zero-order chi connectivity index (χ0) is 9.80. The van der Waals surface area contributed by atoms with E-state index in [1.54, 1.807) is 11.8 Å². The quantitative estimate of drug-likeness (QED) is 0.742.